The van der Waals surface area contributed by atoms with Crippen LogP contribution in [0.25, 0.3) is 0 Å². The van der Waals surface area contributed by atoms with Gasteiger partial charge in [0, 0.05) is 0 Å². The fourth-order valence-electron chi connectivity index (χ4n) is 1.92. The molecule has 0 aromatic heterocycles. The van der Waals surface area contributed by atoms with E-state index in [1.54, 1.807) is 0 Å². The number of allylic oxidation sites excluding steroid dienone is 1. The van der Waals surface area contributed by atoms with Crippen LogP contribution in [0.2, 0.25) is 0 Å². The lowest BCUT2D eigenvalue weighted by Crippen LogP contribution is -2.23. The lowest BCUT2D eigenvalue weighted by Gasteiger charge is -2.26. The first-order valence-electron chi connectivity index (χ1n) is 4.64. The summed E-state index contributed by atoms with van der Waals surface area (Å²) in [7, 11) is 2.04. The molecule has 1 heteroatoms. The number of nitrogens with one attached hydrogen (secondary N) is 1. The van der Waals surface area contributed by atoms with Crippen LogP contribution in [0, 0.1) is 11.8 Å². The predicted octanol–water partition coefficient (Wildman–Crippen LogP) is 2.20. The average molecular weight is 153 g/mol. The van der Waals surface area contributed by atoms with Gasteiger partial charge in [0.15, 0.2) is 0 Å². The highest BCUT2D eigenvalue weighted by atomic mass is 14.8. The van der Waals surface area contributed by atoms with E-state index in [0.29, 0.717) is 0 Å². The van der Waals surface area contributed by atoms with Crippen LogP contribution in [0.4, 0.5) is 0 Å². The second kappa shape index (κ2) is 4.55. The Balaban J connectivity index is 2.18. The first kappa shape index (κ1) is 8.79. The Morgan fingerprint density at radius 2 is 2.00 bits per heavy atom. The van der Waals surface area contributed by atoms with E-state index < -0.39 is 0 Å². The van der Waals surface area contributed by atoms with Crippen LogP contribution in [0.15, 0.2) is 12.7 Å². The second-order valence-corrected chi connectivity index (χ2v) is 3.57. The molecule has 11 heavy (non-hydrogen) atoms. The summed E-state index contributed by atoms with van der Waals surface area (Å²) in [6, 6.07) is 0. The number of rotatable bonds is 3. The van der Waals surface area contributed by atoms with Gasteiger partial charge in [-0.15, -0.1) is 6.58 Å². The van der Waals surface area contributed by atoms with Gasteiger partial charge in [0.1, 0.15) is 0 Å². The molecule has 0 atom stereocenters. The summed E-state index contributed by atoms with van der Waals surface area (Å²) in [6.45, 7) is 5.04. The molecule has 0 aromatic rings. The first-order valence-corrected chi connectivity index (χ1v) is 4.64. The zero-order valence-electron chi connectivity index (χ0n) is 7.47. The minimum absolute atomic E-state index is 0.808. The minimum atomic E-state index is 0.808. The summed E-state index contributed by atoms with van der Waals surface area (Å²) in [5.74, 6) is 1.74. The van der Waals surface area contributed by atoms with Gasteiger partial charge in [-0.25, -0.2) is 0 Å². The highest BCUT2D eigenvalue weighted by Crippen LogP contribution is 2.28. The molecule has 1 N–H and O–H groups in total. The zero-order chi connectivity index (χ0) is 8.10. The first-order chi connectivity index (χ1) is 5.36. The van der Waals surface area contributed by atoms with Gasteiger partial charge in [-0.2, -0.15) is 0 Å². The van der Waals surface area contributed by atoms with E-state index in [-0.39, 0.29) is 0 Å². The van der Waals surface area contributed by atoms with Gasteiger partial charge < -0.3 is 5.32 Å². The molecule has 1 aliphatic rings. The molecule has 1 rings (SSSR count). The van der Waals surface area contributed by atoms with Crippen molar-refractivity contribution in [3.05, 3.63) is 12.7 Å². The summed E-state index contributed by atoms with van der Waals surface area (Å²) in [6.07, 6.45) is 7.61. The fourth-order valence-corrected chi connectivity index (χ4v) is 1.92. The van der Waals surface area contributed by atoms with Gasteiger partial charge in [-0.05, 0) is 51.1 Å². The summed E-state index contributed by atoms with van der Waals surface area (Å²) >= 11 is 0. The van der Waals surface area contributed by atoms with Gasteiger partial charge in [0.25, 0.3) is 0 Å². The van der Waals surface area contributed by atoms with Crippen LogP contribution in [0.1, 0.15) is 25.7 Å². The Bertz CT molecular complexity index is 112. The quantitative estimate of drug-likeness (QED) is 0.613. The van der Waals surface area contributed by atoms with Gasteiger partial charge in [-0.1, -0.05) is 6.08 Å². The van der Waals surface area contributed by atoms with Crippen LogP contribution in [0.5, 0.6) is 0 Å². The molecular weight excluding hydrogens is 134 g/mol. The number of hydrogen-bond donors (Lipinski definition) is 1. The van der Waals surface area contributed by atoms with E-state index >= 15 is 0 Å². The van der Waals surface area contributed by atoms with Crippen LogP contribution < -0.4 is 5.32 Å². The van der Waals surface area contributed by atoms with Crippen molar-refractivity contribution in [3.63, 3.8) is 0 Å². The van der Waals surface area contributed by atoms with Crippen molar-refractivity contribution in [3.8, 4) is 0 Å². The predicted molar refractivity (Wildman–Crippen MR) is 49.6 cm³/mol. The third-order valence-electron chi connectivity index (χ3n) is 2.72. The maximum Gasteiger partial charge on any atom is -0.00235 e. The highest BCUT2D eigenvalue weighted by molar-refractivity contribution is 4.84. The highest BCUT2D eigenvalue weighted by Gasteiger charge is 2.17. The summed E-state index contributed by atoms with van der Waals surface area (Å²) in [4.78, 5) is 0. The molecule has 1 nitrogen and oxygen atoms in total. The Kier molecular flexibility index (Phi) is 3.64. The molecule has 0 aliphatic heterocycles. The molecule has 0 amide bonds. The van der Waals surface area contributed by atoms with E-state index in [4.69, 9.17) is 0 Å². The zero-order valence-corrected chi connectivity index (χ0v) is 7.47. The van der Waals surface area contributed by atoms with Crippen molar-refractivity contribution in [2.45, 2.75) is 25.7 Å². The van der Waals surface area contributed by atoms with Crippen molar-refractivity contribution in [1.82, 2.24) is 5.32 Å². The third kappa shape index (κ3) is 2.66. The SMILES string of the molecule is C=CC1CCC(CNC)CC1. The van der Waals surface area contributed by atoms with Crippen molar-refractivity contribution >= 4 is 0 Å². The van der Waals surface area contributed by atoms with Gasteiger partial charge in [0.05, 0.1) is 0 Å². The maximum absolute atomic E-state index is 3.84. The topological polar surface area (TPSA) is 12.0 Å². The molecule has 0 aromatic carbocycles. The molecule has 0 unspecified atom stereocenters. The lowest BCUT2D eigenvalue weighted by molar-refractivity contribution is 0.305. The standard InChI is InChI=1S/C10H19N/c1-3-9-4-6-10(7-5-9)8-11-2/h3,9-11H,1,4-8H2,2H3. The van der Waals surface area contributed by atoms with Gasteiger partial charge in [0.2, 0.25) is 0 Å². The summed E-state index contributed by atoms with van der Waals surface area (Å²) in [5, 5.41) is 3.24. The lowest BCUT2D eigenvalue weighted by atomic mass is 9.82. The van der Waals surface area contributed by atoms with E-state index in [1.165, 1.54) is 32.2 Å². The Hall–Kier alpha value is -0.300. The Morgan fingerprint density at radius 1 is 1.36 bits per heavy atom. The number of hydrogen-bond acceptors (Lipinski definition) is 1. The van der Waals surface area contributed by atoms with Crippen molar-refractivity contribution in [2.75, 3.05) is 13.6 Å². The van der Waals surface area contributed by atoms with E-state index in [0.717, 1.165) is 11.8 Å². The van der Waals surface area contributed by atoms with E-state index in [2.05, 4.69) is 18.0 Å². The molecule has 64 valence electrons. The van der Waals surface area contributed by atoms with Crippen molar-refractivity contribution in [2.24, 2.45) is 11.8 Å². The maximum atomic E-state index is 3.84. The van der Waals surface area contributed by atoms with Crippen LogP contribution in [-0.2, 0) is 0 Å². The normalized spacial score (nSPS) is 31.7. The second-order valence-electron chi connectivity index (χ2n) is 3.57. The van der Waals surface area contributed by atoms with Crippen molar-refractivity contribution in [1.29, 1.82) is 0 Å². The molecule has 1 saturated carbocycles. The average Bonchev–Trinajstić information content (AvgIpc) is 2.07. The molecule has 0 saturated heterocycles. The van der Waals surface area contributed by atoms with E-state index in [1.807, 2.05) is 7.05 Å². The van der Waals surface area contributed by atoms with Crippen molar-refractivity contribution < 1.29 is 0 Å². The third-order valence-corrected chi connectivity index (χ3v) is 2.72. The fraction of sp³-hybridized carbons (Fsp3) is 0.800. The van der Waals surface area contributed by atoms with Gasteiger partial charge >= 0.3 is 0 Å². The molecule has 0 spiro atoms. The Morgan fingerprint density at radius 3 is 2.45 bits per heavy atom. The molecule has 0 heterocycles. The van der Waals surface area contributed by atoms with Crippen LogP contribution >= 0.6 is 0 Å². The largest absolute Gasteiger partial charge is 0.319 e. The molecule has 1 fully saturated rings. The molecular formula is C10H19N. The molecule has 0 radical (unpaired) electrons. The van der Waals surface area contributed by atoms with Crippen LogP contribution in [0.3, 0.4) is 0 Å². The summed E-state index contributed by atoms with van der Waals surface area (Å²) in [5.41, 5.74) is 0. The molecule has 1 aliphatic carbocycles. The Labute approximate surface area is 69.9 Å². The monoisotopic (exact) mass is 153 g/mol. The van der Waals surface area contributed by atoms with Gasteiger partial charge in [-0.3, -0.25) is 0 Å². The smallest absolute Gasteiger partial charge is 0.00235 e. The molecule has 0 bridgehead atoms. The van der Waals surface area contributed by atoms with Crippen LogP contribution in [-0.4, -0.2) is 13.6 Å². The minimum Gasteiger partial charge on any atom is -0.319 e. The summed E-state index contributed by atoms with van der Waals surface area (Å²) < 4.78 is 0. The van der Waals surface area contributed by atoms with E-state index in [9.17, 15) is 0 Å².